The largest absolute Gasteiger partial charge is 0.356 e. The van der Waals surface area contributed by atoms with E-state index in [1.807, 2.05) is 19.9 Å². The molecule has 0 spiro atoms. The summed E-state index contributed by atoms with van der Waals surface area (Å²) in [5.74, 6) is 0.185. The number of benzene rings is 1. The number of nitrogens with one attached hydrogen (secondary N) is 2. The van der Waals surface area contributed by atoms with Crippen molar-refractivity contribution >= 4 is 11.5 Å². The molecule has 1 aromatic rings. The third-order valence-electron chi connectivity index (χ3n) is 4.30. The normalized spacial score (nSPS) is 13.9. The van der Waals surface area contributed by atoms with E-state index >= 15 is 0 Å². The van der Waals surface area contributed by atoms with Gasteiger partial charge < -0.3 is 10.6 Å². The summed E-state index contributed by atoms with van der Waals surface area (Å²) in [6.07, 6.45) is 5.11. The van der Waals surface area contributed by atoms with Crippen molar-refractivity contribution in [2.24, 2.45) is 5.92 Å². The lowest BCUT2D eigenvalue weighted by Gasteiger charge is -2.22. The zero-order chi connectivity index (χ0) is 16.7. The average molecular weight is 312 g/mol. The van der Waals surface area contributed by atoms with E-state index in [-0.39, 0.29) is 11.8 Å². The van der Waals surface area contributed by atoms with Crippen LogP contribution in [0.1, 0.15) is 37.8 Å². The minimum Gasteiger partial charge on any atom is -0.356 e. The molecule has 0 fully saturated rings. The molecule has 0 unspecified atom stereocenters. The summed E-state index contributed by atoms with van der Waals surface area (Å²) >= 11 is 0. The van der Waals surface area contributed by atoms with E-state index in [1.54, 1.807) is 0 Å². The van der Waals surface area contributed by atoms with Crippen molar-refractivity contribution in [2.45, 2.75) is 33.1 Å². The molecule has 3 heteroatoms. The number of rotatable bonds is 8. The van der Waals surface area contributed by atoms with Crippen molar-refractivity contribution in [2.75, 3.05) is 19.6 Å². The third kappa shape index (κ3) is 4.80. The fraction of sp³-hybridized carbons (Fsp3) is 0.450. The Morgan fingerprint density at radius 1 is 1.26 bits per heavy atom. The SMILES string of the molecule is C=CC1=C(CNCCCNC(=O)C(C)C)c2ccccc2CC1. The second-order valence-electron chi connectivity index (χ2n) is 6.34. The Bertz CT molecular complexity index is 587. The number of carbonyl (C=O) groups excluding carboxylic acids is 1. The van der Waals surface area contributed by atoms with E-state index in [0.29, 0.717) is 0 Å². The molecule has 2 N–H and O–H groups in total. The Hall–Kier alpha value is -1.87. The summed E-state index contributed by atoms with van der Waals surface area (Å²) in [5.41, 5.74) is 5.51. The molecule has 1 amide bonds. The quantitative estimate of drug-likeness (QED) is 0.723. The van der Waals surface area contributed by atoms with Crippen LogP contribution in [0, 0.1) is 5.92 Å². The lowest BCUT2D eigenvalue weighted by molar-refractivity contribution is -0.123. The molecule has 124 valence electrons. The van der Waals surface area contributed by atoms with Crippen LogP contribution in [0.2, 0.25) is 0 Å². The minimum absolute atomic E-state index is 0.0574. The van der Waals surface area contributed by atoms with Crippen LogP contribution in [0.4, 0.5) is 0 Å². The third-order valence-corrected chi connectivity index (χ3v) is 4.30. The number of hydrogen-bond donors (Lipinski definition) is 2. The monoisotopic (exact) mass is 312 g/mol. The van der Waals surface area contributed by atoms with Gasteiger partial charge in [0, 0.05) is 19.0 Å². The first-order valence-electron chi connectivity index (χ1n) is 8.54. The first-order valence-corrected chi connectivity index (χ1v) is 8.54. The van der Waals surface area contributed by atoms with Gasteiger partial charge in [0.1, 0.15) is 0 Å². The molecule has 0 atom stereocenters. The van der Waals surface area contributed by atoms with E-state index in [0.717, 1.165) is 38.9 Å². The summed E-state index contributed by atoms with van der Waals surface area (Å²) in [7, 11) is 0. The first-order chi connectivity index (χ1) is 11.1. The van der Waals surface area contributed by atoms with E-state index in [2.05, 4.69) is 41.5 Å². The maximum atomic E-state index is 11.5. The highest BCUT2D eigenvalue weighted by molar-refractivity contribution is 5.77. The van der Waals surface area contributed by atoms with Crippen LogP contribution in [0.5, 0.6) is 0 Å². The molecule has 1 aliphatic carbocycles. The van der Waals surface area contributed by atoms with Crippen LogP contribution < -0.4 is 10.6 Å². The van der Waals surface area contributed by atoms with Crippen molar-refractivity contribution in [3.05, 3.63) is 53.6 Å². The lowest BCUT2D eigenvalue weighted by Crippen LogP contribution is -2.30. The van der Waals surface area contributed by atoms with E-state index in [9.17, 15) is 4.79 Å². The molecule has 0 heterocycles. The second-order valence-corrected chi connectivity index (χ2v) is 6.34. The van der Waals surface area contributed by atoms with Gasteiger partial charge in [0.25, 0.3) is 0 Å². The van der Waals surface area contributed by atoms with Crippen molar-refractivity contribution in [1.82, 2.24) is 10.6 Å². The summed E-state index contributed by atoms with van der Waals surface area (Å²) in [6.45, 7) is 10.3. The highest BCUT2D eigenvalue weighted by Crippen LogP contribution is 2.31. The van der Waals surface area contributed by atoms with E-state index in [4.69, 9.17) is 0 Å². The number of amides is 1. The molecule has 0 radical (unpaired) electrons. The van der Waals surface area contributed by atoms with Crippen molar-refractivity contribution in [1.29, 1.82) is 0 Å². The summed E-state index contributed by atoms with van der Waals surface area (Å²) in [5, 5.41) is 6.46. The maximum absolute atomic E-state index is 11.5. The second kappa shape index (κ2) is 8.68. The molecule has 0 bridgehead atoms. The number of aryl methyl sites for hydroxylation is 1. The fourth-order valence-electron chi connectivity index (χ4n) is 2.90. The molecule has 0 saturated heterocycles. The minimum atomic E-state index is 0.0574. The van der Waals surface area contributed by atoms with Crippen LogP contribution >= 0.6 is 0 Å². The number of allylic oxidation sites excluding steroid dienone is 2. The molecule has 3 nitrogen and oxygen atoms in total. The van der Waals surface area contributed by atoms with Crippen LogP contribution in [0.3, 0.4) is 0 Å². The topological polar surface area (TPSA) is 41.1 Å². The van der Waals surface area contributed by atoms with Gasteiger partial charge in [0.2, 0.25) is 5.91 Å². The number of carbonyl (C=O) groups is 1. The van der Waals surface area contributed by atoms with Crippen LogP contribution in [0.25, 0.3) is 5.57 Å². The molecular formula is C20H28N2O. The number of fused-ring (bicyclic) bond motifs is 1. The Balaban J connectivity index is 1.83. The average Bonchev–Trinajstić information content (AvgIpc) is 2.57. The van der Waals surface area contributed by atoms with Crippen LogP contribution in [-0.2, 0) is 11.2 Å². The zero-order valence-electron chi connectivity index (χ0n) is 14.3. The molecule has 2 rings (SSSR count). The molecular weight excluding hydrogens is 284 g/mol. The Morgan fingerprint density at radius 3 is 2.78 bits per heavy atom. The highest BCUT2D eigenvalue weighted by atomic mass is 16.1. The summed E-state index contributed by atoms with van der Waals surface area (Å²) < 4.78 is 0. The molecule has 1 aromatic carbocycles. The van der Waals surface area contributed by atoms with Gasteiger partial charge in [-0.1, -0.05) is 50.8 Å². The van der Waals surface area contributed by atoms with Gasteiger partial charge in [-0.2, -0.15) is 0 Å². The first kappa shape index (κ1) is 17.5. The predicted octanol–water partition coefficient (Wildman–Crippen LogP) is 3.32. The van der Waals surface area contributed by atoms with Gasteiger partial charge in [0.05, 0.1) is 0 Å². The molecule has 23 heavy (non-hydrogen) atoms. The molecule has 0 aliphatic heterocycles. The van der Waals surface area contributed by atoms with Crippen molar-refractivity contribution in [3.8, 4) is 0 Å². The van der Waals surface area contributed by atoms with Crippen LogP contribution in [-0.4, -0.2) is 25.5 Å². The van der Waals surface area contributed by atoms with Gasteiger partial charge in [-0.15, -0.1) is 0 Å². The Morgan fingerprint density at radius 2 is 2.04 bits per heavy atom. The predicted molar refractivity (Wildman–Crippen MR) is 97.2 cm³/mol. The summed E-state index contributed by atoms with van der Waals surface area (Å²) in [6, 6.07) is 8.64. The van der Waals surface area contributed by atoms with E-state index < -0.39 is 0 Å². The van der Waals surface area contributed by atoms with Gasteiger partial charge in [-0.05, 0) is 48.1 Å². The fourth-order valence-corrected chi connectivity index (χ4v) is 2.90. The molecule has 0 saturated carbocycles. The Kier molecular flexibility index (Phi) is 6.60. The van der Waals surface area contributed by atoms with Gasteiger partial charge >= 0.3 is 0 Å². The standard InChI is InChI=1S/C20H28N2O/c1-4-16-10-11-17-8-5-6-9-18(17)19(16)14-21-12-7-13-22-20(23)15(2)3/h4-6,8-9,15,21H,1,7,10-14H2,2-3H3,(H,22,23). The smallest absolute Gasteiger partial charge is 0.222 e. The summed E-state index contributed by atoms with van der Waals surface area (Å²) in [4.78, 5) is 11.5. The van der Waals surface area contributed by atoms with Gasteiger partial charge in [-0.3, -0.25) is 4.79 Å². The van der Waals surface area contributed by atoms with Gasteiger partial charge in [0.15, 0.2) is 0 Å². The van der Waals surface area contributed by atoms with Crippen molar-refractivity contribution in [3.63, 3.8) is 0 Å². The Labute approximate surface area is 139 Å². The maximum Gasteiger partial charge on any atom is 0.222 e. The molecule has 0 aromatic heterocycles. The molecule has 1 aliphatic rings. The number of hydrogen-bond acceptors (Lipinski definition) is 2. The van der Waals surface area contributed by atoms with Crippen molar-refractivity contribution < 1.29 is 4.79 Å². The highest BCUT2D eigenvalue weighted by Gasteiger charge is 2.16. The van der Waals surface area contributed by atoms with Crippen LogP contribution in [0.15, 0.2) is 42.5 Å². The zero-order valence-corrected chi connectivity index (χ0v) is 14.3. The van der Waals surface area contributed by atoms with E-state index in [1.165, 1.54) is 22.3 Å². The lowest BCUT2D eigenvalue weighted by atomic mass is 9.85. The van der Waals surface area contributed by atoms with Gasteiger partial charge in [-0.25, -0.2) is 0 Å².